The number of nitrogens with zero attached hydrogens (tertiary/aromatic N) is 2. The van der Waals surface area contributed by atoms with Gasteiger partial charge in [0, 0.05) is 36.9 Å². The van der Waals surface area contributed by atoms with Crippen LogP contribution in [-0.2, 0) is 14.3 Å². The zero-order chi connectivity index (χ0) is 18.7. The summed E-state index contributed by atoms with van der Waals surface area (Å²) in [5.74, 6) is -0.710. The standard InChI is InChI=1S/C18H22ClN3O4/c1-2-26-18(25)22-9-7-21(8-10-22)17(24)15-11-14(15)16(23)20-13-5-3-12(19)4-6-13/h3-6,14-15H,2,7-11H2,1H3,(H,20,23). The molecule has 3 rings (SSSR count). The van der Waals surface area contributed by atoms with Gasteiger partial charge in [-0.15, -0.1) is 0 Å². The second kappa shape index (κ2) is 7.95. The van der Waals surface area contributed by atoms with Crippen molar-refractivity contribution in [3.63, 3.8) is 0 Å². The van der Waals surface area contributed by atoms with E-state index in [1.54, 1.807) is 41.0 Å². The quantitative estimate of drug-likeness (QED) is 0.869. The molecular weight excluding hydrogens is 358 g/mol. The molecular formula is C18H22ClN3O4. The lowest BCUT2D eigenvalue weighted by atomic mass is 10.2. The molecule has 0 radical (unpaired) electrons. The van der Waals surface area contributed by atoms with Crippen LogP contribution in [0.1, 0.15) is 13.3 Å². The average molecular weight is 380 g/mol. The predicted octanol–water partition coefficient (Wildman–Crippen LogP) is 2.22. The van der Waals surface area contributed by atoms with E-state index in [1.165, 1.54) is 0 Å². The number of anilines is 1. The summed E-state index contributed by atoms with van der Waals surface area (Å²) in [4.78, 5) is 39.9. The van der Waals surface area contributed by atoms with E-state index in [0.717, 1.165) is 0 Å². The minimum atomic E-state index is -0.341. The number of hydrogen-bond donors (Lipinski definition) is 1. The summed E-state index contributed by atoms with van der Waals surface area (Å²) in [6.07, 6.45) is 0.224. The first-order chi connectivity index (χ1) is 12.5. The van der Waals surface area contributed by atoms with Crippen molar-refractivity contribution in [3.05, 3.63) is 29.3 Å². The van der Waals surface area contributed by atoms with E-state index in [4.69, 9.17) is 16.3 Å². The summed E-state index contributed by atoms with van der Waals surface area (Å²) in [6, 6.07) is 6.87. The van der Waals surface area contributed by atoms with Gasteiger partial charge in [-0.25, -0.2) is 4.79 Å². The summed E-state index contributed by atoms with van der Waals surface area (Å²) < 4.78 is 4.97. The average Bonchev–Trinajstić information content (AvgIpc) is 3.44. The first kappa shape index (κ1) is 18.5. The fraction of sp³-hybridized carbons (Fsp3) is 0.500. The molecule has 1 N–H and O–H groups in total. The van der Waals surface area contributed by atoms with Gasteiger partial charge in [-0.2, -0.15) is 0 Å². The molecule has 1 aliphatic heterocycles. The number of rotatable bonds is 4. The summed E-state index contributed by atoms with van der Waals surface area (Å²) in [7, 11) is 0. The smallest absolute Gasteiger partial charge is 0.409 e. The molecule has 2 unspecified atom stereocenters. The lowest BCUT2D eigenvalue weighted by molar-refractivity contribution is -0.135. The van der Waals surface area contributed by atoms with Gasteiger partial charge >= 0.3 is 6.09 Å². The van der Waals surface area contributed by atoms with E-state index >= 15 is 0 Å². The zero-order valence-corrected chi connectivity index (χ0v) is 15.4. The molecule has 2 fully saturated rings. The fourth-order valence-corrected chi connectivity index (χ4v) is 3.21. The monoisotopic (exact) mass is 379 g/mol. The summed E-state index contributed by atoms with van der Waals surface area (Å²) in [5.41, 5.74) is 0.667. The number of carbonyl (C=O) groups is 3. The van der Waals surface area contributed by atoms with E-state index in [-0.39, 0.29) is 29.7 Å². The van der Waals surface area contributed by atoms with Crippen molar-refractivity contribution in [3.8, 4) is 0 Å². The molecule has 2 aliphatic rings. The number of benzene rings is 1. The van der Waals surface area contributed by atoms with Gasteiger partial charge in [0.15, 0.2) is 0 Å². The van der Waals surface area contributed by atoms with Crippen molar-refractivity contribution in [2.45, 2.75) is 13.3 Å². The maximum atomic E-state index is 12.6. The summed E-state index contributed by atoms with van der Waals surface area (Å²) >= 11 is 5.83. The largest absolute Gasteiger partial charge is 0.450 e. The number of halogens is 1. The van der Waals surface area contributed by atoms with E-state index in [1.807, 2.05) is 0 Å². The van der Waals surface area contributed by atoms with Gasteiger partial charge in [-0.3, -0.25) is 9.59 Å². The van der Waals surface area contributed by atoms with E-state index < -0.39 is 0 Å². The minimum absolute atomic E-state index is 0.00948. The zero-order valence-electron chi connectivity index (χ0n) is 14.6. The Balaban J connectivity index is 1.46. The highest BCUT2D eigenvalue weighted by atomic mass is 35.5. The summed E-state index contributed by atoms with van der Waals surface area (Å²) in [6.45, 7) is 3.96. The first-order valence-electron chi connectivity index (χ1n) is 8.76. The van der Waals surface area contributed by atoms with Crippen LogP contribution in [0.2, 0.25) is 5.02 Å². The van der Waals surface area contributed by atoms with Crippen LogP contribution < -0.4 is 5.32 Å². The number of amides is 3. The number of ether oxygens (including phenoxy) is 1. The molecule has 140 valence electrons. The molecule has 1 aromatic carbocycles. The lowest BCUT2D eigenvalue weighted by Crippen LogP contribution is -2.51. The second-order valence-electron chi connectivity index (χ2n) is 6.46. The predicted molar refractivity (Wildman–Crippen MR) is 96.9 cm³/mol. The van der Waals surface area contributed by atoms with Crippen LogP contribution in [0.3, 0.4) is 0 Å². The maximum absolute atomic E-state index is 12.6. The van der Waals surface area contributed by atoms with Crippen LogP contribution in [0.25, 0.3) is 0 Å². The van der Waals surface area contributed by atoms with Crippen LogP contribution in [0.15, 0.2) is 24.3 Å². The number of hydrogen-bond acceptors (Lipinski definition) is 4. The van der Waals surface area contributed by atoms with E-state index in [0.29, 0.717) is 49.9 Å². The second-order valence-corrected chi connectivity index (χ2v) is 6.89. The van der Waals surface area contributed by atoms with Crippen LogP contribution in [-0.4, -0.2) is 60.5 Å². The molecule has 7 nitrogen and oxygen atoms in total. The molecule has 26 heavy (non-hydrogen) atoms. The maximum Gasteiger partial charge on any atom is 0.409 e. The van der Waals surface area contributed by atoms with Gasteiger partial charge in [0.2, 0.25) is 11.8 Å². The van der Waals surface area contributed by atoms with Crippen LogP contribution in [0, 0.1) is 11.8 Å². The van der Waals surface area contributed by atoms with Crippen LogP contribution >= 0.6 is 11.6 Å². The third-order valence-electron chi connectivity index (χ3n) is 4.67. The lowest BCUT2D eigenvalue weighted by Gasteiger charge is -2.34. The number of piperazine rings is 1. The highest BCUT2D eigenvalue weighted by Gasteiger charge is 2.49. The van der Waals surface area contributed by atoms with Crippen molar-refractivity contribution >= 4 is 35.2 Å². The van der Waals surface area contributed by atoms with Crippen molar-refractivity contribution in [2.75, 3.05) is 38.1 Å². The molecule has 1 saturated heterocycles. The van der Waals surface area contributed by atoms with Crippen LogP contribution in [0.4, 0.5) is 10.5 Å². The third kappa shape index (κ3) is 4.27. The van der Waals surface area contributed by atoms with Crippen molar-refractivity contribution < 1.29 is 19.1 Å². The highest BCUT2D eigenvalue weighted by molar-refractivity contribution is 6.30. The molecule has 2 atom stereocenters. The van der Waals surface area contributed by atoms with Gasteiger partial charge in [-0.1, -0.05) is 11.6 Å². The number of carbonyl (C=O) groups excluding carboxylic acids is 3. The Kier molecular flexibility index (Phi) is 5.66. The molecule has 1 saturated carbocycles. The van der Waals surface area contributed by atoms with Gasteiger partial charge in [0.05, 0.1) is 18.4 Å². The first-order valence-corrected chi connectivity index (χ1v) is 9.14. The highest BCUT2D eigenvalue weighted by Crippen LogP contribution is 2.41. The molecule has 0 spiro atoms. The Morgan fingerprint density at radius 2 is 1.69 bits per heavy atom. The van der Waals surface area contributed by atoms with E-state index in [9.17, 15) is 14.4 Å². The Morgan fingerprint density at radius 1 is 1.08 bits per heavy atom. The van der Waals surface area contributed by atoms with Gasteiger partial charge in [0.25, 0.3) is 0 Å². The number of nitrogens with one attached hydrogen (secondary N) is 1. The van der Waals surface area contributed by atoms with Gasteiger partial charge in [-0.05, 0) is 37.6 Å². The Morgan fingerprint density at radius 3 is 2.31 bits per heavy atom. The fourth-order valence-electron chi connectivity index (χ4n) is 3.08. The molecule has 1 aromatic rings. The Hall–Kier alpha value is -2.28. The molecule has 3 amide bonds. The molecule has 0 aromatic heterocycles. The summed E-state index contributed by atoms with van der Waals surface area (Å²) in [5, 5.41) is 3.42. The van der Waals surface area contributed by atoms with Crippen LogP contribution in [0.5, 0.6) is 0 Å². The molecule has 1 heterocycles. The van der Waals surface area contributed by atoms with Crippen molar-refractivity contribution in [2.24, 2.45) is 11.8 Å². The van der Waals surface area contributed by atoms with Gasteiger partial charge < -0.3 is 19.9 Å². The van der Waals surface area contributed by atoms with Crippen molar-refractivity contribution in [1.29, 1.82) is 0 Å². The molecule has 1 aliphatic carbocycles. The molecule has 8 heteroatoms. The Bertz CT molecular complexity index is 686. The minimum Gasteiger partial charge on any atom is -0.450 e. The third-order valence-corrected chi connectivity index (χ3v) is 4.93. The topological polar surface area (TPSA) is 79.0 Å². The SMILES string of the molecule is CCOC(=O)N1CCN(C(=O)C2CC2C(=O)Nc2ccc(Cl)cc2)CC1. The normalized spacial score (nSPS) is 21.9. The Labute approximate surface area is 157 Å². The van der Waals surface area contributed by atoms with E-state index in [2.05, 4.69) is 5.32 Å². The molecule has 0 bridgehead atoms. The van der Waals surface area contributed by atoms with Crippen molar-refractivity contribution in [1.82, 2.24) is 9.80 Å². The van der Waals surface area contributed by atoms with Gasteiger partial charge in [0.1, 0.15) is 0 Å².